The molecule has 0 aromatic heterocycles. The van der Waals surface area contributed by atoms with Crippen molar-refractivity contribution in [2.45, 2.75) is 82.4 Å². The van der Waals surface area contributed by atoms with Crippen LogP contribution in [0.1, 0.15) is 74.8 Å². The molecule has 1 N–H and O–H groups in total. The second-order valence-electron chi connectivity index (χ2n) is 13.6. The summed E-state index contributed by atoms with van der Waals surface area (Å²) in [7, 11) is 0. The molecule has 7 nitrogen and oxygen atoms in total. The summed E-state index contributed by atoms with van der Waals surface area (Å²) in [6.07, 6.45) is 9.76. The van der Waals surface area contributed by atoms with Crippen LogP contribution in [0.25, 0.3) is 0 Å². The smallest absolute Gasteiger partial charge is 0.410 e. The first-order valence-corrected chi connectivity index (χ1v) is 16.8. The average molecular weight is 588 g/mol. The lowest BCUT2D eigenvalue weighted by atomic mass is 9.83. The Labute approximate surface area is 257 Å². The zero-order chi connectivity index (χ0) is 29.6. The minimum absolute atomic E-state index is 0.174. The summed E-state index contributed by atoms with van der Waals surface area (Å²) in [5.41, 5.74) is 2.35. The van der Waals surface area contributed by atoms with Crippen molar-refractivity contribution >= 4 is 12.1 Å². The number of carboxylic acid groups (broad SMARTS) is 1. The Morgan fingerprint density at radius 1 is 0.860 bits per heavy atom. The van der Waals surface area contributed by atoms with Crippen LogP contribution in [0.2, 0.25) is 0 Å². The van der Waals surface area contributed by atoms with Gasteiger partial charge in [0, 0.05) is 51.2 Å². The van der Waals surface area contributed by atoms with E-state index < -0.39 is 5.97 Å². The summed E-state index contributed by atoms with van der Waals surface area (Å²) >= 11 is 0. The van der Waals surface area contributed by atoms with Crippen LogP contribution < -0.4 is 0 Å². The predicted molar refractivity (Wildman–Crippen MR) is 168 cm³/mol. The van der Waals surface area contributed by atoms with Crippen molar-refractivity contribution in [1.29, 1.82) is 0 Å². The second-order valence-corrected chi connectivity index (χ2v) is 13.6. The molecule has 2 aliphatic carbocycles. The molecule has 2 aromatic rings. The van der Waals surface area contributed by atoms with E-state index in [1.807, 2.05) is 35.2 Å². The SMILES string of the molecule is O=C(O)[C@@H](C1CCCCC1)N1C[C@H](CN2CCC(N(CC3CC3)C(=O)OCc3ccccc3)CC2)[C@@H](c2ccccc2)C1. The van der Waals surface area contributed by atoms with E-state index in [1.54, 1.807) is 0 Å². The predicted octanol–water partition coefficient (Wildman–Crippen LogP) is 6.25. The van der Waals surface area contributed by atoms with Gasteiger partial charge in [0.1, 0.15) is 12.6 Å². The summed E-state index contributed by atoms with van der Waals surface area (Å²) in [5, 5.41) is 10.4. The topological polar surface area (TPSA) is 73.3 Å². The number of nitrogens with zero attached hydrogens (tertiary/aromatic N) is 3. The van der Waals surface area contributed by atoms with Crippen molar-refractivity contribution in [2.75, 3.05) is 39.3 Å². The minimum Gasteiger partial charge on any atom is -0.480 e. The molecule has 43 heavy (non-hydrogen) atoms. The van der Waals surface area contributed by atoms with Gasteiger partial charge in [-0.05, 0) is 67.4 Å². The molecule has 3 atom stereocenters. The molecule has 1 amide bonds. The van der Waals surface area contributed by atoms with E-state index in [1.165, 1.54) is 24.8 Å². The molecule has 0 radical (unpaired) electrons. The number of hydrogen-bond donors (Lipinski definition) is 1. The van der Waals surface area contributed by atoms with Gasteiger partial charge in [0.2, 0.25) is 0 Å². The summed E-state index contributed by atoms with van der Waals surface area (Å²) in [6.45, 7) is 5.68. The summed E-state index contributed by atoms with van der Waals surface area (Å²) in [5.74, 6) is 0.961. The van der Waals surface area contributed by atoms with Gasteiger partial charge in [0.15, 0.2) is 0 Å². The number of aliphatic carboxylic acids is 1. The van der Waals surface area contributed by atoms with E-state index in [0.29, 0.717) is 24.4 Å². The van der Waals surface area contributed by atoms with E-state index in [0.717, 1.165) is 83.4 Å². The largest absolute Gasteiger partial charge is 0.480 e. The number of hydrogen-bond acceptors (Lipinski definition) is 5. The van der Waals surface area contributed by atoms with Crippen LogP contribution >= 0.6 is 0 Å². The Morgan fingerprint density at radius 3 is 2.19 bits per heavy atom. The molecule has 2 aliphatic heterocycles. The van der Waals surface area contributed by atoms with E-state index in [2.05, 4.69) is 40.1 Å². The third kappa shape index (κ3) is 7.79. The van der Waals surface area contributed by atoms with Crippen molar-refractivity contribution < 1.29 is 19.4 Å². The lowest BCUT2D eigenvalue weighted by Gasteiger charge is -2.39. The molecule has 2 heterocycles. The monoisotopic (exact) mass is 587 g/mol. The fourth-order valence-corrected chi connectivity index (χ4v) is 8.00. The Bertz CT molecular complexity index is 1180. The zero-order valence-corrected chi connectivity index (χ0v) is 25.6. The van der Waals surface area contributed by atoms with Crippen molar-refractivity contribution in [3.8, 4) is 0 Å². The van der Waals surface area contributed by atoms with Crippen molar-refractivity contribution in [1.82, 2.24) is 14.7 Å². The van der Waals surface area contributed by atoms with E-state index >= 15 is 0 Å². The van der Waals surface area contributed by atoms with Crippen LogP contribution in [-0.2, 0) is 16.1 Å². The molecule has 0 unspecified atom stereocenters. The molecule has 2 saturated heterocycles. The quantitative estimate of drug-likeness (QED) is 0.335. The van der Waals surface area contributed by atoms with Gasteiger partial charge in [-0.3, -0.25) is 9.69 Å². The normalized spacial score (nSPS) is 24.9. The van der Waals surface area contributed by atoms with Crippen LogP contribution in [0.3, 0.4) is 0 Å². The number of likely N-dealkylation sites (tertiary alicyclic amines) is 2. The summed E-state index contributed by atoms with van der Waals surface area (Å²) in [4.78, 5) is 32.8. The van der Waals surface area contributed by atoms with E-state index in [-0.39, 0.29) is 24.1 Å². The Hall–Kier alpha value is -2.90. The van der Waals surface area contributed by atoms with Crippen LogP contribution in [0.5, 0.6) is 0 Å². The van der Waals surface area contributed by atoms with Gasteiger partial charge < -0.3 is 19.6 Å². The number of amides is 1. The van der Waals surface area contributed by atoms with Gasteiger partial charge in [-0.1, -0.05) is 79.9 Å². The highest BCUT2D eigenvalue weighted by Gasteiger charge is 2.43. The van der Waals surface area contributed by atoms with Crippen LogP contribution in [0, 0.1) is 17.8 Å². The first-order chi connectivity index (χ1) is 21.0. The molecular weight excluding hydrogens is 538 g/mol. The maximum Gasteiger partial charge on any atom is 0.410 e. The van der Waals surface area contributed by atoms with Gasteiger partial charge in [0.05, 0.1) is 0 Å². The van der Waals surface area contributed by atoms with Gasteiger partial charge in [0.25, 0.3) is 0 Å². The molecule has 232 valence electrons. The minimum atomic E-state index is -0.643. The number of benzene rings is 2. The van der Waals surface area contributed by atoms with Gasteiger partial charge in [-0.25, -0.2) is 4.79 Å². The van der Waals surface area contributed by atoms with Crippen molar-refractivity contribution in [3.63, 3.8) is 0 Å². The molecule has 4 fully saturated rings. The zero-order valence-electron chi connectivity index (χ0n) is 25.6. The highest BCUT2D eigenvalue weighted by Crippen LogP contribution is 2.39. The molecule has 0 spiro atoms. The molecule has 2 aromatic carbocycles. The number of carboxylic acids is 1. The molecule has 0 bridgehead atoms. The lowest BCUT2D eigenvalue weighted by molar-refractivity contribution is -0.145. The standard InChI is InChI=1S/C36H49N3O4/c40-35(41)34(30-14-8-3-9-15-30)38-24-31(33(25-38)29-12-6-2-7-13-29)23-37-20-18-32(19-21-37)39(22-27-16-17-27)36(42)43-26-28-10-4-1-5-11-28/h1-2,4-7,10-13,27,30-34H,3,8-9,14-26H2,(H,40,41)/t31-,33+,34+/m0/s1. The fraction of sp³-hybridized carbons (Fsp3) is 0.611. The van der Waals surface area contributed by atoms with Gasteiger partial charge in [-0.15, -0.1) is 0 Å². The van der Waals surface area contributed by atoms with Gasteiger partial charge in [-0.2, -0.15) is 0 Å². The number of carbonyl (C=O) groups excluding carboxylic acids is 1. The molecule has 7 heteroatoms. The maximum atomic E-state index is 13.3. The highest BCUT2D eigenvalue weighted by atomic mass is 16.6. The third-order valence-electron chi connectivity index (χ3n) is 10.5. The second kappa shape index (κ2) is 14.3. The van der Waals surface area contributed by atoms with Crippen LogP contribution in [-0.4, -0.2) is 83.2 Å². The van der Waals surface area contributed by atoms with E-state index in [9.17, 15) is 14.7 Å². The average Bonchev–Trinajstić information content (AvgIpc) is 3.78. The Morgan fingerprint density at radius 2 is 1.53 bits per heavy atom. The van der Waals surface area contributed by atoms with Gasteiger partial charge >= 0.3 is 12.1 Å². The summed E-state index contributed by atoms with van der Waals surface area (Å²) < 4.78 is 5.79. The molecule has 4 aliphatic rings. The molecule has 6 rings (SSSR count). The first kappa shape index (κ1) is 30.1. The summed E-state index contributed by atoms with van der Waals surface area (Å²) in [6, 6.07) is 20.5. The Balaban J connectivity index is 1.08. The van der Waals surface area contributed by atoms with Crippen molar-refractivity contribution in [3.05, 3.63) is 71.8 Å². The number of rotatable bonds is 11. The number of carbonyl (C=O) groups is 2. The lowest BCUT2D eigenvalue weighted by Crippen LogP contribution is -2.49. The first-order valence-electron chi connectivity index (χ1n) is 16.8. The fourth-order valence-electron chi connectivity index (χ4n) is 8.00. The third-order valence-corrected chi connectivity index (χ3v) is 10.5. The number of piperidine rings is 1. The Kier molecular flexibility index (Phi) is 9.99. The van der Waals surface area contributed by atoms with Crippen LogP contribution in [0.4, 0.5) is 4.79 Å². The van der Waals surface area contributed by atoms with Crippen molar-refractivity contribution in [2.24, 2.45) is 17.8 Å². The number of ether oxygens (including phenoxy) is 1. The van der Waals surface area contributed by atoms with E-state index in [4.69, 9.17) is 4.74 Å². The molecular formula is C36H49N3O4. The van der Waals surface area contributed by atoms with Crippen LogP contribution in [0.15, 0.2) is 60.7 Å². The molecule has 2 saturated carbocycles. The highest BCUT2D eigenvalue weighted by molar-refractivity contribution is 5.74. The maximum absolute atomic E-state index is 13.3.